The van der Waals surface area contributed by atoms with Crippen LogP contribution in [-0.2, 0) is 6.42 Å². The molecule has 0 amide bonds. The topological polar surface area (TPSA) is 29.0 Å². The van der Waals surface area contributed by atoms with Gasteiger partial charge in [-0.1, -0.05) is 13.2 Å². The highest BCUT2D eigenvalue weighted by atomic mass is 15.3. The highest BCUT2D eigenvalue weighted by Crippen LogP contribution is 2.53. The number of anilines is 1. The van der Waals surface area contributed by atoms with Crippen molar-refractivity contribution in [1.29, 1.82) is 0 Å². The van der Waals surface area contributed by atoms with Gasteiger partial charge in [0.2, 0.25) is 5.95 Å². The van der Waals surface area contributed by atoms with Gasteiger partial charge >= 0.3 is 0 Å². The van der Waals surface area contributed by atoms with Gasteiger partial charge in [0, 0.05) is 25.5 Å². The second-order valence-electron chi connectivity index (χ2n) is 4.88. The molecule has 2 heterocycles. The predicted molar refractivity (Wildman–Crippen MR) is 64.7 cm³/mol. The maximum atomic E-state index is 5.70. The van der Waals surface area contributed by atoms with Crippen LogP contribution in [0.4, 0.5) is 5.95 Å². The van der Waals surface area contributed by atoms with E-state index in [1.54, 1.807) is 0 Å². The summed E-state index contributed by atoms with van der Waals surface area (Å²) < 4.78 is 0. The fourth-order valence-corrected chi connectivity index (χ4v) is 2.86. The van der Waals surface area contributed by atoms with Crippen LogP contribution in [0.15, 0.2) is 12.4 Å². The van der Waals surface area contributed by atoms with Crippen molar-refractivity contribution in [3.8, 4) is 0 Å². The van der Waals surface area contributed by atoms with Gasteiger partial charge in [-0.15, -0.1) is 0 Å². The van der Waals surface area contributed by atoms with E-state index in [-0.39, 0.29) is 0 Å². The molecule has 4 heteroatoms. The Balaban J connectivity index is 1.67. The summed E-state index contributed by atoms with van der Waals surface area (Å²) in [5.41, 5.74) is 1.20. The molecule has 0 bridgehead atoms. The van der Waals surface area contributed by atoms with Gasteiger partial charge in [-0.05, 0) is 29.7 Å². The Morgan fingerprint density at radius 1 is 1.31 bits per heavy atom. The maximum Gasteiger partial charge on any atom is 0.225 e. The summed E-state index contributed by atoms with van der Waals surface area (Å²) in [5, 5.41) is 0. The Bertz CT molecular complexity index is 366. The van der Waals surface area contributed by atoms with E-state index in [0.29, 0.717) is 0 Å². The third-order valence-corrected chi connectivity index (χ3v) is 4.03. The minimum absolute atomic E-state index is 0.770. The van der Waals surface area contributed by atoms with Crippen LogP contribution in [0.25, 0.3) is 0 Å². The molecule has 1 saturated heterocycles. The molecule has 2 unspecified atom stereocenters. The van der Waals surface area contributed by atoms with E-state index in [0.717, 1.165) is 49.5 Å². The number of piperidine rings is 1. The van der Waals surface area contributed by atoms with Gasteiger partial charge in [0.05, 0.1) is 7.85 Å². The molecule has 82 valence electrons. The number of nitrogens with zero attached hydrogens (tertiary/aromatic N) is 3. The molecule has 1 aliphatic heterocycles. The van der Waals surface area contributed by atoms with Crippen molar-refractivity contribution in [1.82, 2.24) is 9.97 Å². The first-order valence-electron chi connectivity index (χ1n) is 6.09. The Morgan fingerprint density at radius 2 is 1.94 bits per heavy atom. The third kappa shape index (κ3) is 1.51. The van der Waals surface area contributed by atoms with Crippen molar-refractivity contribution in [2.45, 2.75) is 19.7 Å². The molecule has 3 rings (SSSR count). The lowest BCUT2D eigenvalue weighted by molar-refractivity contribution is 0.676. The maximum absolute atomic E-state index is 5.70. The molecule has 2 aliphatic rings. The standard InChI is InChI=1S/C12H16BN3/c1-2-8-4-14-12(15-5-8)16-6-10-9(3-13)11(10)7-16/h4-5,9-11H,2-3,6-7H2,1H3/t9?,10-,11?/m1/s1. The highest BCUT2D eigenvalue weighted by molar-refractivity contribution is 6.08. The molecule has 16 heavy (non-hydrogen) atoms. The Kier molecular flexibility index (Phi) is 2.38. The van der Waals surface area contributed by atoms with Crippen LogP contribution in [0, 0.1) is 17.8 Å². The van der Waals surface area contributed by atoms with Gasteiger partial charge in [-0.2, -0.15) is 0 Å². The summed E-state index contributed by atoms with van der Waals surface area (Å²) in [6.07, 6.45) is 5.72. The SMILES string of the molecule is [B]CC1C2CN(c3ncc(CC)cn3)C[C@H]12. The first kappa shape index (κ1) is 10.1. The van der Waals surface area contributed by atoms with E-state index in [2.05, 4.69) is 21.8 Å². The van der Waals surface area contributed by atoms with E-state index >= 15 is 0 Å². The van der Waals surface area contributed by atoms with Crippen LogP contribution >= 0.6 is 0 Å². The molecule has 1 aliphatic carbocycles. The predicted octanol–water partition coefficient (Wildman–Crippen LogP) is 1.31. The quantitative estimate of drug-likeness (QED) is 0.709. The zero-order chi connectivity index (χ0) is 11.1. The van der Waals surface area contributed by atoms with Crippen molar-refractivity contribution in [3.63, 3.8) is 0 Å². The fourth-order valence-electron chi connectivity index (χ4n) is 2.86. The first-order valence-corrected chi connectivity index (χ1v) is 6.09. The lowest BCUT2D eigenvalue weighted by Gasteiger charge is -2.19. The summed E-state index contributed by atoms with van der Waals surface area (Å²) in [6, 6.07) is 0. The van der Waals surface area contributed by atoms with Crippen LogP contribution in [0.1, 0.15) is 12.5 Å². The Morgan fingerprint density at radius 3 is 2.44 bits per heavy atom. The molecule has 1 aromatic rings. The van der Waals surface area contributed by atoms with E-state index in [1.807, 2.05) is 12.4 Å². The molecule has 1 aromatic heterocycles. The number of aromatic nitrogens is 2. The number of aryl methyl sites for hydroxylation is 1. The summed E-state index contributed by atoms with van der Waals surface area (Å²) in [4.78, 5) is 11.1. The largest absolute Gasteiger partial charge is 0.340 e. The second kappa shape index (κ2) is 3.76. The normalized spacial score (nSPS) is 31.6. The molecule has 0 aromatic carbocycles. The molecule has 2 fully saturated rings. The molecule has 3 nitrogen and oxygen atoms in total. The number of fused-ring (bicyclic) bond motifs is 1. The fraction of sp³-hybridized carbons (Fsp3) is 0.667. The zero-order valence-corrected chi connectivity index (χ0v) is 9.63. The van der Waals surface area contributed by atoms with Crippen LogP contribution in [-0.4, -0.2) is 30.9 Å². The van der Waals surface area contributed by atoms with E-state index in [4.69, 9.17) is 7.85 Å². The number of hydrogen-bond acceptors (Lipinski definition) is 3. The van der Waals surface area contributed by atoms with Crippen LogP contribution in [0.5, 0.6) is 0 Å². The third-order valence-electron chi connectivity index (χ3n) is 4.03. The molecule has 3 atom stereocenters. The first-order chi connectivity index (χ1) is 7.83. The Hall–Kier alpha value is -1.06. The smallest absolute Gasteiger partial charge is 0.225 e. The second-order valence-corrected chi connectivity index (χ2v) is 4.88. The summed E-state index contributed by atoms with van der Waals surface area (Å²) in [6.45, 7) is 4.31. The van der Waals surface area contributed by atoms with Crippen molar-refractivity contribution in [2.75, 3.05) is 18.0 Å². The van der Waals surface area contributed by atoms with Crippen LogP contribution in [0.2, 0.25) is 6.32 Å². The molecule has 0 N–H and O–H groups in total. The molecular weight excluding hydrogens is 197 g/mol. The van der Waals surface area contributed by atoms with Gasteiger partial charge in [0.25, 0.3) is 0 Å². The van der Waals surface area contributed by atoms with E-state index < -0.39 is 0 Å². The van der Waals surface area contributed by atoms with Gasteiger partial charge in [-0.25, -0.2) is 9.97 Å². The highest BCUT2D eigenvalue weighted by Gasteiger charge is 2.54. The summed E-state index contributed by atoms with van der Waals surface area (Å²) in [5.74, 6) is 3.27. The summed E-state index contributed by atoms with van der Waals surface area (Å²) in [7, 11) is 5.70. The molecule has 1 saturated carbocycles. The number of hydrogen-bond donors (Lipinski definition) is 0. The Labute approximate surface area is 97.7 Å². The van der Waals surface area contributed by atoms with Crippen LogP contribution in [0.3, 0.4) is 0 Å². The monoisotopic (exact) mass is 213 g/mol. The molecular formula is C12H16BN3. The van der Waals surface area contributed by atoms with Gasteiger partial charge < -0.3 is 4.90 Å². The van der Waals surface area contributed by atoms with Gasteiger partial charge in [-0.3, -0.25) is 0 Å². The lowest BCUT2D eigenvalue weighted by Crippen LogP contribution is -2.25. The number of rotatable bonds is 3. The van der Waals surface area contributed by atoms with Gasteiger partial charge in [0.1, 0.15) is 0 Å². The van der Waals surface area contributed by atoms with Crippen molar-refractivity contribution in [2.24, 2.45) is 17.8 Å². The molecule has 0 spiro atoms. The minimum atomic E-state index is 0.770. The average Bonchev–Trinajstić information content (AvgIpc) is 2.81. The summed E-state index contributed by atoms with van der Waals surface area (Å²) >= 11 is 0. The average molecular weight is 213 g/mol. The van der Waals surface area contributed by atoms with Crippen LogP contribution < -0.4 is 4.90 Å². The molecule has 2 radical (unpaired) electrons. The van der Waals surface area contributed by atoms with E-state index in [1.165, 1.54) is 5.56 Å². The van der Waals surface area contributed by atoms with Gasteiger partial charge in [0.15, 0.2) is 0 Å². The zero-order valence-electron chi connectivity index (χ0n) is 9.63. The van der Waals surface area contributed by atoms with Crippen molar-refractivity contribution in [3.05, 3.63) is 18.0 Å². The minimum Gasteiger partial charge on any atom is -0.340 e. The van der Waals surface area contributed by atoms with Crippen molar-refractivity contribution >= 4 is 13.8 Å². The lowest BCUT2D eigenvalue weighted by atomic mass is 9.97. The van der Waals surface area contributed by atoms with Crippen molar-refractivity contribution < 1.29 is 0 Å². The van der Waals surface area contributed by atoms with E-state index in [9.17, 15) is 0 Å².